The Balaban J connectivity index is 1.21. The highest BCUT2D eigenvalue weighted by atomic mass is 32.1. The topological polar surface area (TPSA) is 80.2 Å². The summed E-state index contributed by atoms with van der Waals surface area (Å²) in [5.41, 5.74) is 4.76. The fourth-order valence-corrected chi connectivity index (χ4v) is 4.96. The number of hydrogen-bond acceptors (Lipinski definition) is 7. The number of hydrazone groups is 1. The van der Waals surface area contributed by atoms with Gasteiger partial charge in [-0.15, -0.1) is 0 Å². The van der Waals surface area contributed by atoms with Gasteiger partial charge < -0.3 is 24.4 Å². The molecule has 8 nitrogen and oxygen atoms in total. The molecule has 1 aliphatic rings. The van der Waals surface area contributed by atoms with E-state index in [9.17, 15) is 0 Å². The Morgan fingerprint density at radius 2 is 1.83 bits per heavy atom. The second-order valence-corrected chi connectivity index (χ2v) is 10.3. The van der Waals surface area contributed by atoms with E-state index >= 15 is 4.39 Å². The number of aromatic nitrogens is 1. The number of rotatable bonds is 11. The van der Waals surface area contributed by atoms with Gasteiger partial charge in [0.05, 0.1) is 25.4 Å². The quantitative estimate of drug-likeness (QED) is 0.0864. The Morgan fingerprint density at radius 3 is 2.62 bits per heavy atom. The van der Waals surface area contributed by atoms with Gasteiger partial charge >= 0.3 is 0 Å². The Labute approximate surface area is 250 Å². The molecule has 0 unspecified atom stereocenters. The molecule has 1 aromatic heterocycles. The molecule has 5 rings (SSSR count). The highest BCUT2D eigenvalue weighted by molar-refractivity contribution is 7.80. The number of pyridine rings is 1. The molecule has 1 saturated heterocycles. The number of nitrogens with one attached hydrogen (secondary N) is 2. The fourth-order valence-electron chi connectivity index (χ4n) is 4.79. The number of hydrogen-bond donors (Lipinski definition) is 2. The summed E-state index contributed by atoms with van der Waals surface area (Å²) in [6, 6.07) is 19.5. The van der Waals surface area contributed by atoms with Gasteiger partial charge in [0.2, 0.25) is 0 Å². The van der Waals surface area contributed by atoms with E-state index in [1.54, 1.807) is 31.7 Å². The van der Waals surface area contributed by atoms with Crippen molar-refractivity contribution in [3.8, 4) is 23.0 Å². The molecule has 3 aromatic carbocycles. The van der Waals surface area contributed by atoms with Gasteiger partial charge in [0.25, 0.3) is 0 Å². The summed E-state index contributed by atoms with van der Waals surface area (Å²) in [5, 5.41) is 7.92. The van der Waals surface area contributed by atoms with Crippen LogP contribution in [0, 0.1) is 5.82 Å². The van der Waals surface area contributed by atoms with E-state index in [1.165, 1.54) is 44.5 Å². The van der Waals surface area contributed by atoms with Crippen molar-refractivity contribution in [2.45, 2.75) is 25.7 Å². The maximum Gasteiger partial charge on any atom is 0.191 e. The summed E-state index contributed by atoms with van der Waals surface area (Å²) in [7, 11) is 1.59. The van der Waals surface area contributed by atoms with E-state index in [-0.39, 0.29) is 10.9 Å². The Bertz CT molecular complexity index is 1530. The second-order valence-electron chi connectivity index (χ2n) is 9.92. The van der Waals surface area contributed by atoms with E-state index < -0.39 is 5.82 Å². The normalized spacial score (nSPS) is 13.7. The number of nitrogens with zero attached hydrogens (tertiary/aromatic N) is 3. The van der Waals surface area contributed by atoms with Crippen molar-refractivity contribution in [1.29, 1.82) is 0 Å². The average Bonchev–Trinajstić information content (AvgIpc) is 3.01. The van der Waals surface area contributed by atoms with Gasteiger partial charge in [-0.25, -0.2) is 4.39 Å². The number of methoxy groups -OCH3 is 1. The third kappa shape index (κ3) is 7.92. The largest absolute Gasteiger partial charge is 0.493 e. The average molecular weight is 588 g/mol. The molecule has 42 heavy (non-hydrogen) atoms. The Hall–Kier alpha value is -4.28. The van der Waals surface area contributed by atoms with Crippen LogP contribution < -0.4 is 25.0 Å². The summed E-state index contributed by atoms with van der Waals surface area (Å²) in [4.78, 5) is 6.96. The molecule has 4 aromatic rings. The van der Waals surface area contributed by atoms with E-state index in [0.29, 0.717) is 40.4 Å². The Morgan fingerprint density at radius 1 is 1.00 bits per heavy atom. The first kappa shape index (κ1) is 29.2. The monoisotopic (exact) mass is 587 g/mol. The molecule has 0 spiro atoms. The molecular formula is C32H34FN5O3S. The van der Waals surface area contributed by atoms with Crippen LogP contribution in [0.2, 0.25) is 0 Å². The maximum absolute atomic E-state index is 15.1. The molecule has 218 valence electrons. The van der Waals surface area contributed by atoms with Crippen LogP contribution in [0.5, 0.6) is 23.0 Å². The van der Waals surface area contributed by atoms with Gasteiger partial charge in [-0.1, -0.05) is 36.8 Å². The predicted octanol–water partition coefficient (Wildman–Crippen LogP) is 6.75. The molecule has 1 fully saturated rings. The van der Waals surface area contributed by atoms with E-state index in [1.807, 2.05) is 42.5 Å². The number of halogens is 1. The second kappa shape index (κ2) is 14.6. The summed E-state index contributed by atoms with van der Waals surface area (Å²) in [6.45, 7) is 3.94. The molecule has 1 aliphatic heterocycles. The number of benzene rings is 3. The molecule has 0 aliphatic carbocycles. The highest BCUT2D eigenvalue weighted by Gasteiger charge is 2.15. The van der Waals surface area contributed by atoms with Crippen LogP contribution in [0.3, 0.4) is 0 Å². The molecule has 0 atom stereocenters. The SMILES string of the molecule is COc1cc2c(Oc3ccc(NC(=S)N/N=C/c4ccccc4)cc3F)ccnc2cc1OCCCN1CCCCC1. The zero-order valence-corrected chi connectivity index (χ0v) is 24.3. The van der Waals surface area contributed by atoms with Gasteiger partial charge in [-0.3, -0.25) is 10.4 Å². The lowest BCUT2D eigenvalue weighted by molar-refractivity contribution is 0.203. The first-order chi connectivity index (χ1) is 20.6. The van der Waals surface area contributed by atoms with Crippen molar-refractivity contribution in [1.82, 2.24) is 15.3 Å². The van der Waals surface area contributed by atoms with Crippen LogP contribution in [0.4, 0.5) is 10.1 Å². The summed E-state index contributed by atoms with van der Waals surface area (Å²) < 4.78 is 32.7. The van der Waals surface area contributed by atoms with Crippen molar-refractivity contribution in [3.05, 3.63) is 84.3 Å². The number of ether oxygens (including phenoxy) is 3. The van der Waals surface area contributed by atoms with Gasteiger partial charge in [-0.2, -0.15) is 5.10 Å². The van der Waals surface area contributed by atoms with Crippen LogP contribution in [0.25, 0.3) is 10.9 Å². The summed E-state index contributed by atoms with van der Waals surface area (Å²) in [5.74, 6) is 1.14. The molecule has 10 heteroatoms. The van der Waals surface area contributed by atoms with Gasteiger partial charge in [0.1, 0.15) is 5.75 Å². The number of anilines is 1. The zero-order chi connectivity index (χ0) is 29.1. The molecule has 0 radical (unpaired) electrons. The summed E-state index contributed by atoms with van der Waals surface area (Å²) >= 11 is 5.26. The molecule has 0 saturated carbocycles. The first-order valence-electron chi connectivity index (χ1n) is 14.0. The smallest absolute Gasteiger partial charge is 0.191 e. The lowest BCUT2D eigenvalue weighted by Crippen LogP contribution is -2.31. The van der Waals surface area contributed by atoms with Crippen LogP contribution in [-0.2, 0) is 0 Å². The van der Waals surface area contributed by atoms with Crippen molar-refractivity contribution in [3.63, 3.8) is 0 Å². The van der Waals surface area contributed by atoms with Crippen LogP contribution in [0.15, 0.2) is 78.0 Å². The maximum atomic E-state index is 15.1. The van der Waals surface area contributed by atoms with Crippen LogP contribution in [0.1, 0.15) is 31.2 Å². The molecule has 0 bridgehead atoms. The minimum atomic E-state index is -0.554. The third-order valence-electron chi connectivity index (χ3n) is 6.90. The van der Waals surface area contributed by atoms with Gasteiger partial charge in [0, 0.05) is 35.9 Å². The molecule has 2 N–H and O–H groups in total. The molecule has 0 amide bonds. The van der Waals surface area contributed by atoms with Gasteiger partial charge in [0.15, 0.2) is 28.2 Å². The number of fused-ring (bicyclic) bond motifs is 1. The minimum Gasteiger partial charge on any atom is -0.493 e. The van der Waals surface area contributed by atoms with E-state index in [4.69, 9.17) is 26.4 Å². The highest BCUT2D eigenvalue weighted by Crippen LogP contribution is 2.38. The molecular weight excluding hydrogens is 553 g/mol. The van der Waals surface area contributed by atoms with E-state index in [0.717, 1.165) is 18.5 Å². The zero-order valence-electron chi connectivity index (χ0n) is 23.5. The lowest BCUT2D eigenvalue weighted by atomic mass is 10.1. The fraction of sp³-hybridized carbons (Fsp3) is 0.281. The standard InChI is InChI=1S/C32H34FN5O3S/c1-39-30-20-25-27(21-31(30)40-18-8-17-38-15-6-3-7-16-38)34-14-13-28(25)41-29-12-11-24(19-26(29)33)36-32(42)37-35-22-23-9-4-2-5-10-23/h2,4-5,9-14,19-22H,3,6-8,15-18H2,1H3,(H2,36,37,42)/b35-22+. The third-order valence-corrected chi connectivity index (χ3v) is 7.09. The van der Waals surface area contributed by atoms with Crippen LogP contribution >= 0.6 is 12.2 Å². The van der Waals surface area contributed by atoms with Crippen molar-refractivity contribution >= 4 is 40.1 Å². The number of likely N-dealkylation sites (tertiary alicyclic amines) is 1. The van der Waals surface area contributed by atoms with Crippen molar-refractivity contribution in [2.24, 2.45) is 5.10 Å². The van der Waals surface area contributed by atoms with Crippen molar-refractivity contribution < 1.29 is 18.6 Å². The first-order valence-corrected chi connectivity index (χ1v) is 14.4. The Kier molecular flexibility index (Phi) is 10.1. The predicted molar refractivity (Wildman–Crippen MR) is 169 cm³/mol. The van der Waals surface area contributed by atoms with Gasteiger partial charge in [-0.05, 0) is 74.4 Å². The van der Waals surface area contributed by atoms with E-state index in [2.05, 4.69) is 25.7 Å². The minimum absolute atomic E-state index is 0.0611. The summed E-state index contributed by atoms with van der Waals surface area (Å²) in [6.07, 6.45) is 8.08. The van der Waals surface area contributed by atoms with Crippen LogP contribution in [-0.4, -0.2) is 54.6 Å². The number of thiocarbonyl (C=S) groups is 1. The lowest BCUT2D eigenvalue weighted by Gasteiger charge is -2.26. The molecule has 2 heterocycles. The van der Waals surface area contributed by atoms with Crippen molar-refractivity contribution in [2.75, 3.05) is 38.7 Å². The number of piperidine rings is 1.